The van der Waals surface area contributed by atoms with Crippen LogP contribution in [0.1, 0.15) is 20.3 Å². The van der Waals surface area contributed by atoms with Crippen LogP contribution in [0.25, 0.3) is 0 Å². The largest absolute Gasteiger partial charge is 0.299 e. The number of carbonyl (C=O) groups is 2. The summed E-state index contributed by atoms with van der Waals surface area (Å²) >= 11 is 0. The molecule has 1 rings (SSSR count). The molecule has 0 fully saturated rings. The Bertz CT molecular complexity index is 272. The molecule has 2 nitrogen and oxygen atoms in total. The molecule has 0 spiro atoms. The lowest BCUT2D eigenvalue weighted by Crippen LogP contribution is -2.24. The van der Waals surface area contributed by atoms with E-state index < -0.39 is 5.92 Å². The predicted molar refractivity (Wildman–Crippen MR) is 46.7 cm³/mol. The van der Waals surface area contributed by atoms with Crippen LogP contribution < -0.4 is 0 Å². The Kier molecular flexibility index (Phi) is 2.58. The highest BCUT2D eigenvalue weighted by Crippen LogP contribution is 2.18. The van der Waals surface area contributed by atoms with E-state index in [0.717, 1.165) is 5.57 Å². The van der Waals surface area contributed by atoms with Crippen LogP contribution in [-0.4, -0.2) is 11.6 Å². The maximum absolute atomic E-state index is 11.3. The number of hydrogen-bond acceptors (Lipinski definition) is 2. The normalized spacial score (nSPS) is 22.3. The predicted octanol–water partition coefficient (Wildman–Crippen LogP) is 1.67. The highest BCUT2D eigenvalue weighted by atomic mass is 16.1. The molecule has 1 aliphatic rings. The molecule has 1 atom stereocenters. The van der Waals surface area contributed by atoms with E-state index in [0.29, 0.717) is 6.42 Å². The molecule has 0 aromatic heterocycles. The van der Waals surface area contributed by atoms with Crippen molar-refractivity contribution in [1.82, 2.24) is 0 Å². The van der Waals surface area contributed by atoms with Crippen LogP contribution in [0.3, 0.4) is 0 Å². The lowest BCUT2D eigenvalue weighted by Gasteiger charge is -2.14. The number of ketones is 2. The van der Waals surface area contributed by atoms with Crippen LogP contribution in [0.4, 0.5) is 0 Å². The van der Waals surface area contributed by atoms with Gasteiger partial charge in [0.2, 0.25) is 0 Å². The van der Waals surface area contributed by atoms with Gasteiger partial charge in [0, 0.05) is 6.42 Å². The number of Topliss-reactive ketones (excluding diaryl/α,β-unsaturated/α-hetero) is 1. The van der Waals surface area contributed by atoms with E-state index in [4.69, 9.17) is 0 Å². The van der Waals surface area contributed by atoms with E-state index >= 15 is 0 Å². The molecule has 0 amide bonds. The molecule has 2 heteroatoms. The van der Waals surface area contributed by atoms with Crippen molar-refractivity contribution in [3.63, 3.8) is 0 Å². The van der Waals surface area contributed by atoms with E-state index in [1.807, 2.05) is 13.0 Å². The first-order valence-electron chi connectivity index (χ1n) is 4.08. The molecule has 0 bridgehead atoms. The van der Waals surface area contributed by atoms with Crippen molar-refractivity contribution in [3.8, 4) is 0 Å². The molecule has 0 N–H and O–H groups in total. The molecule has 0 aliphatic heterocycles. The maximum atomic E-state index is 11.3. The summed E-state index contributed by atoms with van der Waals surface area (Å²) in [6.07, 6.45) is 5.40. The van der Waals surface area contributed by atoms with Crippen molar-refractivity contribution in [2.75, 3.05) is 0 Å². The summed E-state index contributed by atoms with van der Waals surface area (Å²) in [6.45, 7) is 3.60. The molecule has 0 radical (unpaired) electrons. The molecule has 12 heavy (non-hydrogen) atoms. The van der Waals surface area contributed by atoms with Crippen LogP contribution in [0.2, 0.25) is 0 Å². The minimum Gasteiger partial charge on any atom is -0.299 e. The average molecular weight is 164 g/mol. The van der Waals surface area contributed by atoms with Gasteiger partial charge in [-0.2, -0.15) is 0 Å². The zero-order valence-corrected chi connectivity index (χ0v) is 7.33. The van der Waals surface area contributed by atoms with Gasteiger partial charge in [-0.1, -0.05) is 24.6 Å². The number of rotatable bonds is 2. The number of allylic oxidation sites excluding steroid dienone is 4. The molecule has 0 saturated carbocycles. The zero-order valence-electron chi connectivity index (χ0n) is 7.33. The first kappa shape index (κ1) is 8.91. The monoisotopic (exact) mass is 164 g/mol. The standard InChI is InChI=1S/C10H12O2/c1-3-8(11)10-7(2)5-4-6-9(10)12/h4-6,10H,3H2,1-2H3. The van der Waals surface area contributed by atoms with E-state index in [1.54, 1.807) is 13.0 Å². The van der Waals surface area contributed by atoms with E-state index in [1.165, 1.54) is 6.08 Å². The van der Waals surface area contributed by atoms with Crippen molar-refractivity contribution in [1.29, 1.82) is 0 Å². The molecular weight excluding hydrogens is 152 g/mol. The Morgan fingerprint density at radius 3 is 2.75 bits per heavy atom. The zero-order chi connectivity index (χ0) is 9.14. The summed E-state index contributed by atoms with van der Waals surface area (Å²) in [5.74, 6) is -0.569. The molecule has 64 valence electrons. The Balaban J connectivity index is 2.89. The minimum atomic E-state index is -0.500. The van der Waals surface area contributed by atoms with Crippen molar-refractivity contribution in [3.05, 3.63) is 23.8 Å². The van der Waals surface area contributed by atoms with E-state index in [9.17, 15) is 9.59 Å². The second kappa shape index (κ2) is 3.48. The van der Waals surface area contributed by atoms with Gasteiger partial charge in [-0.3, -0.25) is 9.59 Å². The fourth-order valence-electron chi connectivity index (χ4n) is 1.33. The summed E-state index contributed by atoms with van der Waals surface area (Å²) in [7, 11) is 0. The minimum absolute atomic E-state index is 0.0121. The molecule has 1 unspecified atom stereocenters. The summed E-state index contributed by atoms with van der Waals surface area (Å²) in [6, 6.07) is 0. The van der Waals surface area contributed by atoms with Crippen molar-refractivity contribution >= 4 is 11.6 Å². The third-order valence-electron chi connectivity index (χ3n) is 2.03. The lowest BCUT2D eigenvalue weighted by molar-refractivity contribution is -0.128. The topological polar surface area (TPSA) is 34.1 Å². The van der Waals surface area contributed by atoms with Gasteiger partial charge in [-0.05, 0) is 13.0 Å². The molecule has 0 heterocycles. The summed E-state index contributed by atoms with van der Waals surface area (Å²) in [5, 5.41) is 0. The van der Waals surface area contributed by atoms with E-state index in [2.05, 4.69) is 0 Å². The Labute approximate surface area is 72.0 Å². The lowest BCUT2D eigenvalue weighted by atomic mass is 9.87. The van der Waals surface area contributed by atoms with Gasteiger partial charge in [-0.15, -0.1) is 0 Å². The third-order valence-corrected chi connectivity index (χ3v) is 2.03. The Morgan fingerprint density at radius 1 is 1.58 bits per heavy atom. The van der Waals surface area contributed by atoms with Gasteiger partial charge in [0.05, 0.1) is 0 Å². The van der Waals surface area contributed by atoms with Crippen molar-refractivity contribution in [2.45, 2.75) is 20.3 Å². The van der Waals surface area contributed by atoms with Gasteiger partial charge in [-0.25, -0.2) is 0 Å². The second-order valence-corrected chi connectivity index (χ2v) is 2.93. The van der Waals surface area contributed by atoms with Crippen molar-refractivity contribution < 1.29 is 9.59 Å². The van der Waals surface area contributed by atoms with Crippen molar-refractivity contribution in [2.24, 2.45) is 5.92 Å². The Morgan fingerprint density at radius 2 is 2.25 bits per heavy atom. The highest BCUT2D eigenvalue weighted by molar-refractivity contribution is 6.10. The van der Waals surface area contributed by atoms with Gasteiger partial charge >= 0.3 is 0 Å². The number of hydrogen-bond donors (Lipinski definition) is 0. The molecule has 0 aromatic carbocycles. The smallest absolute Gasteiger partial charge is 0.170 e. The quantitative estimate of drug-likeness (QED) is 0.582. The third kappa shape index (κ3) is 1.52. The van der Waals surface area contributed by atoms with Gasteiger partial charge in [0.1, 0.15) is 11.7 Å². The summed E-state index contributed by atoms with van der Waals surface area (Å²) in [5.41, 5.74) is 0.856. The Hall–Kier alpha value is -1.18. The van der Waals surface area contributed by atoms with Gasteiger partial charge in [0.25, 0.3) is 0 Å². The van der Waals surface area contributed by atoms with Crippen LogP contribution in [0.5, 0.6) is 0 Å². The van der Waals surface area contributed by atoms with Gasteiger partial charge in [0.15, 0.2) is 5.78 Å². The SMILES string of the molecule is CCC(=O)C1C(=O)C=CC=C1C. The molecule has 0 saturated heterocycles. The summed E-state index contributed by atoms with van der Waals surface area (Å²) < 4.78 is 0. The van der Waals surface area contributed by atoms with Crippen LogP contribution >= 0.6 is 0 Å². The number of carbonyl (C=O) groups excluding carboxylic acids is 2. The maximum Gasteiger partial charge on any atom is 0.170 e. The summed E-state index contributed by atoms with van der Waals surface area (Å²) in [4.78, 5) is 22.5. The van der Waals surface area contributed by atoms with Crippen LogP contribution in [-0.2, 0) is 9.59 Å². The van der Waals surface area contributed by atoms with E-state index in [-0.39, 0.29) is 11.6 Å². The second-order valence-electron chi connectivity index (χ2n) is 2.93. The highest BCUT2D eigenvalue weighted by Gasteiger charge is 2.25. The molecule has 0 aromatic rings. The fraction of sp³-hybridized carbons (Fsp3) is 0.400. The first-order chi connectivity index (χ1) is 5.66. The first-order valence-corrected chi connectivity index (χ1v) is 4.08. The molecular formula is C10H12O2. The van der Waals surface area contributed by atoms with Crippen LogP contribution in [0, 0.1) is 5.92 Å². The molecule has 1 aliphatic carbocycles. The van der Waals surface area contributed by atoms with Crippen LogP contribution in [0.15, 0.2) is 23.8 Å². The average Bonchev–Trinajstić information content (AvgIpc) is 2.03. The fourth-order valence-corrected chi connectivity index (χ4v) is 1.33. The van der Waals surface area contributed by atoms with Gasteiger partial charge < -0.3 is 0 Å².